The van der Waals surface area contributed by atoms with Gasteiger partial charge in [0, 0.05) is 36.5 Å². The van der Waals surface area contributed by atoms with E-state index in [0.29, 0.717) is 19.4 Å². The number of nitrogens with zero attached hydrogens (tertiary/aromatic N) is 2. The van der Waals surface area contributed by atoms with Gasteiger partial charge in [-0.2, -0.15) is 0 Å². The van der Waals surface area contributed by atoms with E-state index >= 15 is 0 Å². The van der Waals surface area contributed by atoms with Crippen LogP contribution in [0.3, 0.4) is 0 Å². The maximum Gasteiger partial charge on any atom is 0.224 e. The van der Waals surface area contributed by atoms with Crippen LogP contribution in [0, 0.1) is 0 Å². The molecule has 0 aliphatic rings. The Balaban J connectivity index is 1.22. The third kappa shape index (κ3) is 5.78. The molecule has 0 atom stereocenters. The predicted molar refractivity (Wildman–Crippen MR) is 122 cm³/mol. The van der Waals surface area contributed by atoms with Crippen molar-refractivity contribution in [3.63, 3.8) is 0 Å². The van der Waals surface area contributed by atoms with Crippen LogP contribution in [0.25, 0.3) is 11.3 Å². The average Bonchev–Trinajstić information content (AvgIpc) is 3.51. The Morgan fingerprint density at radius 1 is 1.03 bits per heavy atom. The van der Waals surface area contributed by atoms with Gasteiger partial charge in [-0.1, -0.05) is 0 Å². The molecule has 0 bridgehead atoms. The number of ether oxygens (including phenoxy) is 2. The van der Waals surface area contributed by atoms with E-state index in [0.717, 1.165) is 40.8 Å². The Morgan fingerprint density at radius 2 is 1.81 bits per heavy atom. The SMILES string of the molecule is COc1ccc(-c2ccc(CCC(=O)Nc3ccc(OCCn4ccnc4)cc3)o2)cc1. The molecule has 4 rings (SSSR count). The average molecular weight is 431 g/mol. The molecule has 7 nitrogen and oxygen atoms in total. The van der Waals surface area contributed by atoms with Gasteiger partial charge in [0.15, 0.2) is 0 Å². The van der Waals surface area contributed by atoms with Crippen LogP contribution < -0.4 is 14.8 Å². The first-order chi connectivity index (χ1) is 15.7. The summed E-state index contributed by atoms with van der Waals surface area (Å²) in [5.74, 6) is 3.02. The third-order valence-corrected chi connectivity index (χ3v) is 4.95. The number of furan rings is 1. The van der Waals surface area contributed by atoms with Crippen molar-refractivity contribution in [1.29, 1.82) is 0 Å². The Kier molecular flexibility index (Phi) is 6.87. The van der Waals surface area contributed by atoms with Gasteiger partial charge >= 0.3 is 0 Å². The molecule has 2 aromatic heterocycles. The Labute approximate surface area is 186 Å². The van der Waals surface area contributed by atoms with Crippen molar-refractivity contribution in [2.45, 2.75) is 19.4 Å². The van der Waals surface area contributed by atoms with Crippen molar-refractivity contribution in [3.05, 3.63) is 85.1 Å². The summed E-state index contributed by atoms with van der Waals surface area (Å²) in [6.45, 7) is 1.27. The summed E-state index contributed by atoms with van der Waals surface area (Å²) in [5.41, 5.74) is 1.70. The molecule has 0 radical (unpaired) electrons. The van der Waals surface area contributed by atoms with Crippen LogP contribution >= 0.6 is 0 Å². The summed E-state index contributed by atoms with van der Waals surface area (Å²) in [6.07, 6.45) is 6.24. The number of amides is 1. The highest BCUT2D eigenvalue weighted by Gasteiger charge is 2.09. The summed E-state index contributed by atoms with van der Waals surface area (Å²) >= 11 is 0. The van der Waals surface area contributed by atoms with Gasteiger partial charge in [-0.25, -0.2) is 4.98 Å². The summed E-state index contributed by atoms with van der Waals surface area (Å²) in [6, 6.07) is 18.8. The highest BCUT2D eigenvalue weighted by Crippen LogP contribution is 2.25. The number of methoxy groups -OCH3 is 1. The normalized spacial score (nSPS) is 10.7. The Bertz CT molecular complexity index is 1120. The van der Waals surface area contributed by atoms with Crippen molar-refractivity contribution < 1.29 is 18.7 Å². The van der Waals surface area contributed by atoms with E-state index in [9.17, 15) is 4.79 Å². The number of anilines is 1. The van der Waals surface area contributed by atoms with Crippen LogP contribution in [-0.4, -0.2) is 29.2 Å². The number of carbonyl (C=O) groups is 1. The lowest BCUT2D eigenvalue weighted by molar-refractivity contribution is -0.116. The van der Waals surface area contributed by atoms with Crippen LogP contribution in [0.1, 0.15) is 12.2 Å². The first-order valence-electron chi connectivity index (χ1n) is 10.4. The van der Waals surface area contributed by atoms with Crippen LogP contribution in [-0.2, 0) is 17.8 Å². The standard InChI is InChI=1S/C25H25N3O4/c1-30-21-6-2-19(3-7-21)24-12-10-23(32-24)11-13-25(29)27-20-4-8-22(9-5-20)31-17-16-28-15-14-26-18-28/h2-10,12,14-15,18H,11,13,16-17H2,1H3,(H,27,29). The number of aromatic nitrogens is 2. The molecular weight excluding hydrogens is 406 g/mol. The lowest BCUT2D eigenvalue weighted by Crippen LogP contribution is -2.12. The van der Waals surface area contributed by atoms with Crippen LogP contribution in [0.2, 0.25) is 0 Å². The van der Waals surface area contributed by atoms with Crippen molar-refractivity contribution in [3.8, 4) is 22.8 Å². The van der Waals surface area contributed by atoms with Gasteiger partial charge in [-0.3, -0.25) is 4.79 Å². The molecule has 32 heavy (non-hydrogen) atoms. The number of aryl methyl sites for hydroxylation is 1. The molecule has 2 heterocycles. The van der Waals surface area contributed by atoms with E-state index in [1.165, 1.54) is 0 Å². The molecule has 0 unspecified atom stereocenters. The van der Waals surface area contributed by atoms with Gasteiger partial charge in [0.05, 0.1) is 20.0 Å². The number of carbonyl (C=O) groups excluding carboxylic acids is 1. The fraction of sp³-hybridized carbons (Fsp3) is 0.200. The number of hydrogen-bond acceptors (Lipinski definition) is 5. The molecule has 0 saturated heterocycles. The third-order valence-electron chi connectivity index (χ3n) is 4.95. The highest BCUT2D eigenvalue weighted by molar-refractivity contribution is 5.90. The number of hydrogen-bond donors (Lipinski definition) is 1. The minimum absolute atomic E-state index is 0.0684. The van der Waals surface area contributed by atoms with Crippen LogP contribution in [0.4, 0.5) is 5.69 Å². The highest BCUT2D eigenvalue weighted by atomic mass is 16.5. The molecule has 7 heteroatoms. The van der Waals surface area contributed by atoms with Gasteiger partial charge < -0.3 is 23.8 Å². The number of benzene rings is 2. The second kappa shape index (κ2) is 10.3. The molecule has 1 N–H and O–H groups in total. The van der Waals surface area contributed by atoms with Gasteiger partial charge in [-0.15, -0.1) is 0 Å². The second-order valence-electron chi connectivity index (χ2n) is 7.22. The fourth-order valence-electron chi connectivity index (χ4n) is 3.21. The van der Waals surface area contributed by atoms with Crippen LogP contribution in [0.5, 0.6) is 11.5 Å². The van der Waals surface area contributed by atoms with E-state index in [1.54, 1.807) is 19.6 Å². The van der Waals surface area contributed by atoms with Gasteiger partial charge in [0.25, 0.3) is 0 Å². The van der Waals surface area contributed by atoms with Gasteiger partial charge in [0.1, 0.15) is 29.6 Å². The van der Waals surface area contributed by atoms with E-state index in [-0.39, 0.29) is 5.91 Å². The summed E-state index contributed by atoms with van der Waals surface area (Å²) in [4.78, 5) is 16.3. The molecule has 0 spiro atoms. The van der Waals surface area contributed by atoms with Crippen molar-refractivity contribution in [1.82, 2.24) is 9.55 Å². The predicted octanol–water partition coefficient (Wildman–Crippen LogP) is 4.80. The Hall–Kier alpha value is -4.00. The lowest BCUT2D eigenvalue weighted by atomic mass is 10.2. The molecule has 0 saturated carbocycles. The maximum absolute atomic E-state index is 12.3. The summed E-state index contributed by atoms with van der Waals surface area (Å²) in [7, 11) is 1.64. The number of nitrogens with one attached hydrogen (secondary N) is 1. The monoisotopic (exact) mass is 431 g/mol. The number of imidazole rings is 1. The smallest absolute Gasteiger partial charge is 0.224 e. The van der Waals surface area contributed by atoms with E-state index in [1.807, 2.05) is 71.4 Å². The minimum Gasteiger partial charge on any atom is -0.497 e. The topological polar surface area (TPSA) is 78.5 Å². The summed E-state index contributed by atoms with van der Waals surface area (Å²) in [5, 5.41) is 2.91. The van der Waals surface area contributed by atoms with Gasteiger partial charge in [0.2, 0.25) is 5.91 Å². The number of rotatable bonds is 10. The minimum atomic E-state index is -0.0684. The Morgan fingerprint density at radius 3 is 2.53 bits per heavy atom. The van der Waals surface area contributed by atoms with Gasteiger partial charge in [-0.05, 0) is 60.7 Å². The van der Waals surface area contributed by atoms with E-state index in [4.69, 9.17) is 13.9 Å². The zero-order chi connectivity index (χ0) is 22.2. The van der Waals surface area contributed by atoms with E-state index in [2.05, 4.69) is 10.3 Å². The largest absolute Gasteiger partial charge is 0.497 e. The molecule has 1 amide bonds. The summed E-state index contributed by atoms with van der Waals surface area (Å²) < 4.78 is 18.7. The first kappa shape index (κ1) is 21.2. The van der Waals surface area contributed by atoms with Crippen molar-refractivity contribution >= 4 is 11.6 Å². The van der Waals surface area contributed by atoms with E-state index < -0.39 is 0 Å². The second-order valence-corrected chi connectivity index (χ2v) is 7.22. The molecule has 0 fully saturated rings. The molecule has 2 aromatic carbocycles. The molecular formula is C25H25N3O4. The lowest BCUT2D eigenvalue weighted by Gasteiger charge is -2.08. The molecule has 4 aromatic rings. The maximum atomic E-state index is 12.3. The van der Waals surface area contributed by atoms with Crippen molar-refractivity contribution in [2.24, 2.45) is 0 Å². The zero-order valence-electron chi connectivity index (χ0n) is 17.9. The fourth-order valence-corrected chi connectivity index (χ4v) is 3.21. The molecule has 0 aliphatic carbocycles. The van der Waals surface area contributed by atoms with Crippen LogP contribution in [0.15, 0.2) is 83.8 Å². The zero-order valence-corrected chi connectivity index (χ0v) is 17.9. The van der Waals surface area contributed by atoms with Crippen molar-refractivity contribution in [2.75, 3.05) is 19.0 Å². The first-order valence-corrected chi connectivity index (χ1v) is 10.4. The molecule has 164 valence electrons. The quantitative estimate of drug-likeness (QED) is 0.390. The molecule has 0 aliphatic heterocycles.